The number of hydrogen-bond acceptors (Lipinski definition) is 5. The molecule has 6 aromatic heterocycles. The molecule has 7 nitrogen and oxygen atoms in total. The predicted octanol–water partition coefficient (Wildman–Crippen LogP) is 4.63. The molecule has 7 heteroatoms. The van der Waals surface area contributed by atoms with Crippen molar-refractivity contribution in [2.24, 2.45) is 0 Å². The maximum Gasteiger partial charge on any atom is 0.138 e. The molecule has 0 aliphatic heterocycles. The summed E-state index contributed by atoms with van der Waals surface area (Å²) in [5, 5.41) is 8.62. The Labute approximate surface area is 170 Å². The molecule has 0 saturated carbocycles. The molecule has 0 saturated heterocycles. The highest BCUT2D eigenvalue weighted by Crippen LogP contribution is 2.33. The van der Waals surface area contributed by atoms with Gasteiger partial charge in [0, 0.05) is 30.2 Å². The quantitative estimate of drug-likeness (QED) is 0.460. The molecule has 6 aromatic rings. The first kappa shape index (κ1) is 16.6. The Morgan fingerprint density at radius 3 is 2.57 bits per heavy atom. The molecule has 0 unspecified atom stereocenters. The molecule has 6 rings (SSSR count). The zero-order chi connectivity index (χ0) is 19.9. The monoisotopic (exact) mass is 389 g/mol. The molecule has 30 heavy (non-hydrogen) atoms. The maximum atomic E-state index is 4.83. The van der Waals surface area contributed by atoms with Crippen LogP contribution in [-0.2, 0) is 0 Å². The Kier molecular flexibility index (Phi) is 3.64. The van der Waals surface area contributed by atoms with Crippen LogP contribution in [0.15, 0.2) is 79.4 Å². The highest BCUT2D eigenvalue weighted by atomic mass is 15.1. The first-order valence-electron chi connectivity index (χ1n) is 9.52. The van der Waals surface area contributed by atoms with E-state index in [0.29, 0.717) is 0 Å². The van der Waals surface area contributed by atoms with Crippen molar-refractivity contribution in [3.63, 3.8) is 0 Å². The molecule has 0 fully saturated rings. The zero-order valence-corrected chi connectivity index (χ0v) is 15.7. The van der Waals surface area contributed by atoms with Crippen LogP contribution in [0.3, 0.4) is 0 Å². The number of aromatic nitrogens is 7. The lowest BCUT2D eigenvalue weighted by molar-refractivity contribution is 1.12. The molecule has 0 aliphatic carbocycles. The number of rotatable bonds is 3. The van der Waals surface area contributed by atoms with Gasteiger partial charge in [-0.25, -0.2) is 9.97 Å². The lowest BCUT2D eigenvalue weighted by atomic mass is 10.1. The van der Waals surface area contributed by atoms with E-state index in [1.54, 1.807) is 24.8 Å². The fraction of sp³-hybridized carbons (Fsp3) is 0. The van der Waals surface area contributed by atoms with E-state index in [-0.39, 0.29) is 0 Å². The molecule has 0 aliphatic rings. The lowest BCUT2D eigenvalue weighted by Gasteiger charge is -2.01. The van der Waals surface area contributed by atoms with Gasteiger partial charge in [0.05, 0.1) is 22.6 Å². The van der Waals surface area contributed by atoms with Gasteiger partial charge in [0.2, 0.25) is 0 Å². The molecular formula is C23H15N7. The summed E-state index contributed by atoms with van der Waals surface area (Å²) in [6.45, 7) is 0. The average Bonchev–Trinajstić information content (AvgIpc) is 3.43. The third kappa shape index (κ3) is 2.64. The predicted molar refractivity (Wildman–Crippen MR) is 115 cm³/mol. The van der Waals surface area contributed by atoms with Crippen LogP contribution in [0.5, 0.6) is 0 Å². The first-order chi connectivity index (χ1) is 14.9. The van der Waals surface area contributed by atoms with Gasteiger partial charge in [-0.2, -0.15) is 5.10 Å². The highest BCUT2D eigenvalue weighted by molar-refractivity contribution is 5.98. The van der Waals surface area contributed by atoms with Gasteiger partial charge < -0.3 is 4.98 Å². The number of fused-ring (bicyclic) bond motifs is 2. The Hall–Kier alpha value is -4.39. The molecule has 2 N–H and O–H groups in total. The fourth-order valence-corrected chi connectivity index (χ4v) is 3.68. The van der Waals surface area contributed by atoms with Gasteiger partial charge in [0.25, 0.3) is 0 Å². The van der Waals surface area contributed by atoms with Crippen LogP contribution in [0.1, 0.15) is 0 Å². The second-order valence-electron chi connectivity index (χ2n) is 6.92. The summed E-state index contributed by atoms with van der Waals surface area (Å²) in [5.41, 5.74) is 7.87. The van der Waals surface area contributed by atoms with E-state index < -0.39 is 0 Å². The van der Waals surface area contributed by atoms with Gasteiger partial charge in [-0.3, -0.25) is 15.1 Å². The lowest BCUT2D eigenvalue weighted by Crippen LogP contribution is -1.88. The van der Waals surface area contributed by atoms with E-state index >= 15 is 0 Å². The van der Waals surface area contributed by atoms with Crippen LogP contribution in [-0.4, -0.2) is 35.1 Å². The van der Waals surface area contributed by atoms with Gasteiger partial charge in [-0.15, -0.1) is 0 Å². The molecular weight excluding hydrogens is 374 g/mol. The molecule has 0 aromatic carbocycles. The minimum absolute atomic E-state index is 0.751. The SMILES string of the molecule is c1ccc(-c2ccc3[nH]nc(-c4cc5c(-c6ccncc6)ccnc5[nH]4)c3n2)nc1. The summed E-state index contributed by atoms with van der Waals surface area (Å²) >= 11 is 0. The van der Waals surface area contributed by atoms with Crippen LogP contribution in [0.25, 0.3) is 56.0 Å². The number of nitrogens with one attached hydrogen (secondary N) is 2. The van der Waals surface area contributed by atoms with Crippen molar-refractivity contribution >= 4 is 22.1 Å². The van der Waals surface area contributed by atoms with Gasteiger partial charge >= 0.3 is 0 Å². The molecule has 0 radical (unpaired) electrons. The Balaban J connectivity index is 1.52. The van der Waals surface area contributed by atoms with Crippen LogP contribution >= 0.6 is 0 Å². The summed E-state index contributed by atoms with van der Waals surface area (Å²) in [6, 6.07) is 17.8. The highest BCUT2D eigenvalue weighted by Gasteiger charge is 2.16. The van der Waals surface area contributed by atoms with Crippen molar-refractivity contribution in [2.75, 3.05) is 0 Å². The number of nitrogens with zero attached hydrogens (tertiary/aromatic N) is 5. The van der Waals surface area contributed by atoms with Crippen molar-refractivity contribution in [3.8, 4) is 33.9 Å². The van der Waals surface area contributed by atoms with Crippen molar-refractivity contribution in [1.82, 2.24) is 35.1 Å². The van der Waals surface area contributed by atoms with Gasteiger partial charge in [-0.05, 0) is 59.7 Å². The normalized spacial score (nSPS) is 11.3. The van der Waals surface area contributed by atoms with Crippen LogP contribution in [0, 0.1) is 0 Å². The van der Waals surface area contributed by atoms with Crippen LogP contribution in [0.2, 0.25) is 0 Å². The maximum absolute atomic E-state index is 4.83. The van der Waals surface area contributed by atoms with Crippen molar-refractivity contribution in [3.05, 3.63) is 79.4 Å². The summed E-state index contributed by atoms with van der Waals surface area (Å²) in [7, 11) is 0. The minimum atomic E-state index is 0.751. The van der Waals surface area contributed by atoms with E-state index in [0.717, 1.165) is 56.0 Å². The summed E-state index contributed by atoms with van der Waals surface area (Å²) in [4.78, 5) is 21.2. The Bertz CT molecular complexity index is 1480. The van der Waals surface area contributed by atoms with E-state index in [1.165, 1.54) is 0 Å². The number of hydrogen-bond donors (Lipinski definition) is 2. The van der Waals surface area contributed by atoms with Gasteiger partial charge in [0.1, 0.15) is 16.9 Å². The van der Waals surface area contributed by atoms with Crippen molar-refractivity contribution in [2.45, 2.75) is 0 Å². The summed E-state index contributed by atoms with van der Waals surface area (Å²) in [6.07, 6.45) is 7.15. The molecule has 0 amide bonds. The standard InChI is InChI=1S/C23H15N7/c1-2-9-25-17(3-1)18-4-5-19-21(27-18)22(30-29-19)20-13-16-15(8-12-26-23(16)28-20)14-6-10-24-11-7-14/h1-13H,(H,26,28)(H,29,30). The molecule has 142 valence electrons. The van der Waals surface area contributed by atoms with Gasteiger partial charge in [0.15, 0.2) is 0 Å². The van der Waals surface area contributed by atoms with E-state index in [2.05, 4.69) is 36.2 Å². The molecule has 0 bridgehead atoms. The van der Waals surface area contributed by atoms with E-state index in [1.807, 2.05) is 48.5 Å². The van der Waals surface area contributed by atoms with E-state index in [9.17, 15) is 0 Å². The van der Waals surface area contributed by atoms with Crippen LogP contribution < -0.4 is 0 Å². The summed E-state index contributed by atoms with van der Waals surface area (Å²) in [5.74, 6) is 0. The number of pyridine rings is 4. The third-order valence-electron chi connectivity index (χ3n) is 5.11. The van der Waals surface area contributed by atoms with Crippen molar-refractivity contribution < 1.29 is 0 Å². The second kappa shape index (κ2) is 6.59. The smallest absolute Gasteiger partial charge is 0.138 e. The average molecular weight is 389 g/mol. The number of H-pyrrole nitrogens is 2. The van der Waals surface area contributed by atoms with Crippen molar-refractivity contribution in [1.29, 1.82) is 0 Å². The molecule has 0 atom stereocenters. The second-order valence-corrected chi connectivity index (χ2v) is 6.92. The van der Waals surface area contributed by atoms with Crippen LogP contribution in [0.4, 0.5) is 0 Å². The third-order valence-corrected chi connectivity index (χ3v) is 5.11. The molecule has 0 spiro atoms. The zero-order valence-electron chi connectivity index (χ0n) is 15.7. The fourth-order valence-electron chi connectivity index (χ4n) is 3.68. The first-order valence-corrected chi connectivity index (χ1v) is 9.52. The Morgan fingerprint density at radius 1 is 0.767 bits per heavy atom. The largest absolute Gasteiger partial charge is 0.338 e. The molecule has 6 heterocycles. The summed E-state index contributed by atoms with van der Waals surface area (Å²) < 4.78 is 0. The number of aromatic amines is 2. The Morgan fingerprint density at radius 2 is 1.70 bits per heavy atom. The van der Waals surface area contributed by atoms with Gasteiger partial charge in [-0.1, -0.05) is 6.07 Å². The van der Waals surface area contributed by atoms with E-state index in [4.69, 9.17) is 4.98 Å². The topological polar surface area (TPSA) is 96.0 Å². The minimum Gasteiger partial charge on any atom is -0.338 e.